The molecule has 0 radical (unpaired) electrons. The summed E-state index contributed by atoms with van der Waals surface area (Å²) in [5, 5.41) is 0.414. The van der Waals surface area contributed by atoms with Crippen molar-refractivity contribution in [3.63, 3.8) is 0 Å². The molecule has 0 amide bonds. The van der Waals surface area contributed by atoms with E-state index in [1.165, 1.54) is 16.4 Å². The van der Waals surface area contributed by atoms with Gasteiger partial charge in [-0.15, -0.1) is 0 Å². The summed E-state index contributed by atoms with van der Waals surface area (Å²) in [4.78, 5) is 4.59. The molecule has 0 unspecified atom stereocenters. The number of rotatable bonds is 8. The van der Waals surface area contributed by atoms with Gasteiger partial charge in [0.15, 0.2) is 28.4 Å². The van der Waals surface area contributed by atoms with Crippen LogP contribution in [-0.2, 0) is 15.8 Å². The maximum Gasteiger partial charge on any atom is 0.243 e. The van der Waals surface area contributed by atoms with Gasteiger partial charge in [0.05, 0.1) is 15.9 Å². The molecule has 0 N–H and O–H groups in total. The molecule has 1 aromatic heterocycles. The summed E-state index contributed by atoms with van der Waals surface area (Å²) in [6.45, 7) is 7.95. The number of imidazole rings is 1. The van der Waals surface area contributed by atoms with E-state index < -0.39 is 33.3 Å². The van der Waals surface area contributed by atoms with Gasteiger partial charge in [-0.25, -0.2) is 31.0 Å². The number of benzene rings is 2. The van der Waals surface area contributed by atoms with Crippen LogP contribution in [0.15, 0.2) is 34.3 Å². The van der Waals surface area contributed by atoms with Crippen LogP contribution in [-0.4, -0.2) is 35.4 Å². The highest BCUT2D eigenvalue weighted by Gasteiger charge is 2.24. The maximum absolute atomic E-state index is 14.0. The molecule has 0 saturated heterocycles. The van der Waals surface area contributed by atoms with Gasteiger partial charge in [-0.05, 0) is 38.1 Å². The zero-order valence-electron chi connectivity index (χ0n) is 18.0. The molecule has 0 bridgehead atoms. The summed E-state index contributed by atoms with van der Waals surface area (Å²) in [5.74, 6) is -6.82. The van der Waals surface area contributed by atoms with Gasteiger partial charge >= 0.3 is 0 Å². The van der Waals surface area contributed by atoms with E-state index in [4.69, 9.17) is 0 Å². The van der Waals surface area contributed by atoms with Gasteiger partial charge in [-0.2, -0.15) is 4.31 Å². The SMILES string of the molecule is CCN(CC)S(=O)(=O)c1ccc2c(c1)nc(SCc1cc(F)c(F)c(F)c1F)n2C(C)C. The van der Waals surface area contributed by atoms with Crippen molar-refractivity contribution in [2.24, 2.45) is 0 Å². The lowest BCUT2D eigenvalue weighted by molar-refractivity contribution is 0.405. The number of hydrogen-bond donors (Lipinski definition) is 0. The fourth-order valence-electron chi connectivity index (χ4n) is 3.40. The van der Waals surface area contributed by atoms with Crippen LogP contribution in [0.1, 0.15) is 39.3 Å². The van der Waals surface area contributed by atoms with Crippen LogP contribution in [0, 0.1) is 23.3 Å². The number of nitrogens with zero attached hydrogens (tertiary/aromatic N) is 3. The van der Waals surface area contributed by atoms with Crippen molar-refractivity contribution in [3.8, 4) is 0 Å². The van der Waals surface area contributed by atoms with E-state index in [0.29, 0.717) is 35.3 Å². The van der Waals surface area contributed by atoms with Gasteiger partial charge in [0.25, 0.3) is 0 Å². The lowest BCUT2D eigenvalue weighted by Gasteiger charge is -2.18. The standard InChI is InChI=1S/C21H23F4N3O2S2/c1-5-27(6-2)32(29,30)14-7-8-17-16(10-14)26-21(28(17)12(3)4)31-11-13-9-15(22)19(24)20(25)18(13)23/h7-10,12H,5-6,11H2,1-4H3. The predicted molar refractivity (Wildman–Crippen MR) is 116 cm³/mol. The molecule has 11 heteroatoms. The molecule has 0 spiro atoms. The highest BCUT2D eigenvalue weighted by molar-refractivity contribution is 7.98. The third kappa shape index (κ3) is 4.38. The van der Waals surface area contributed by atoms with Crippen LogP contribution in [0.2, 0.25) is 0 Å². The van der Waals surface area contributed by atoms with E-state index in [-0.39, 0.29) is 22.3 Å². The summed E-state index contributed by atoms with van der Waals surface area (Å²) in [6, 6.07) is 5.18. The molecule has 3 aromatic rings. The zero-order valence-corrected chi connectivity index (χ0v) is 19.6. The Labute approximate surface area is 188 Å². The van der Waals surface area contributed by atoms with E-state index in [9.17, 15) is 26.0 Å². The molecule has 3 rings (SSSR count). The smallest absolute Gasteiger partial charge is 0.243 e. The molecule has 2 aromatic carbocycles. The third-order valence-electron chi connectivity index (χ3n) is 5.02. The van der Waals surface area contributed by atoms with Gasteiger partial charge in [-0.3, -0.25) is 0 Å². The molecule has 0 fully saturated rings. The molecular weight excluding hydrogens is 466 g/mol. The topological polar surface area (TPSA) is 55.2 Å². The lowest BCUT2D eigenvalue weighted by Crippen LogP contribution is -2.30. The highest BCUT2D eigenvalue weighted by Crippen LogP contribution is 2.32. The Morgan fingerprint density at radius 3 is 2.28 bits per heavy atom. The monoisotopic (exact) mass is 489 g/mol. The van der Waals surface area contributed by atoms with Crippen molar-refractivity contribution in [2.45, 2.75) is 49.5 Å². The van der Waals surface area contributed by atoms with E-state index >= 15 is 0 Å². The second-order valence-corrected chi connectivity index (χ2v) is 10.2. The molecule has 174 valence electrons. The molecule has 0 atom stereocenters. The quantitative estimate of drug-likeness (QED) is 0.182. The Bertz CT molecular complexity index is 1260. The Kier molecular flexibility index (Phi) is 7.21. The van der Waals surface area contributed by atoms with E-state index in [0.717, 1.165) is 11.8 Å². The number of halogens is 4. The largest absolute Gasteiger partial charge is 0.316 e. The fourth-order valence-corrected chi connectivity index (χ4v) is 5.98. The van der Waals surface area contributed by atoms with Crippen LogP contribution in [0.4, 0.5) is 17.6 Å². The first-order valence-corrected chi connectivity index (χ1v) is 12.4. The van der Waals surface area contributed by atoms with E-state index in [1.807, 2.05) is 18.4 Å². The van der Waals surface area contributed by atoms with Gasteiger partial charge in [0.2, 0.25) is 10.0 Å². The predicted octanol–water partition coefficient (Wildman–Crippen LogP) is 5.50. The first-order valence-electron chi connectivity index (χ1n) is 9.99. The highest BCUT2D eigenvalue weighted by atomic mass is 32.2. The van der Waals surface area contributed by atoms with Crippen LogP contribution >= 0.6 is 11.8 Å². The van der Waals surface area contributed by atoms with Crippen LogP contribution in [0.3, 0.4) is 0 Å². The molecule has 1 heterocycles. The second-order valence-electron chi connectivity index (χ2n) is 7.35. The minimum Gasteiger partial charge on any atom is -0.316 e. The lowest BCUT2D eigenvalue weighted by atomic mass is 10.2. The van der Waals surface area contributed by atoms with Crippen molar-refractivity contribution < 1.29 is 26.0 Å². The minimum atomic E-state index is -3.68. The molecule has 0 aliphatic rings. The first-order chi connectivity index (χ1) is 15.0. The van der Waals surface area contributed by atoms with Crippen molar-refractivity contribution in [1.82, 2.24) is 13.9 Å². The minimum absolute atomic E-state index is 0.0840. The van der Waals surface area contributed by atoms with Crippen molar-refractivity contribution in [2.75, 3.05) is 13.1 Å². The van der Waals surface area contributed by atoms with Crippen LogP contribution in [0.25, 0.3) is 11.0 Å². The number of aromatic nitrogens is 2. The van der Waals surface area contributed by atoms with Crippen molar-refractivity contribution in [1.29, 1.82) is 0 Å². The normalized spacial score (nSPS) is 12.4. The molecule has 0 aliphatic heterocycles. The average Bonchev–Trinajstić information content (AvgIpc) is 3.12. The summed E-state index contributed by atoms with van der Waals surface area (Å²) in [5.41, 5.74) is 0.753. The Morgan fingerprint density at radius 1 is 1.03 bits per heavy atom. The molecular formula is C21H23F4N3O2S2. The van der Waals surface area contributed by atoms with E-state index in [2.05, 4.69) is 4.98 Å². The number of sulfonamides is 1. The molecule has 0 aliphatic carbocycles. The Morgan fingerprint density at radius 2 is 1.69 bits per heavy atom. The fraction of sp³-hybridized carbons (Fsp3) is 0.381. The van der Waals surface area contributed by atoms with Crippen molar-refractivity contribution >= 4 is 32.8 Å². The van der Waals surface area contributed by atoms with Crippen molar-refractivity contribution in [3.05, 3.63) is 53.1 Å². The van der Waals surface area contributed by atoms with Gasteiger partial charge in [0, 0.05) is 30.4 Å². The summed E-state index contributed by atoms with van der Waals surface area (Å²) in [6.07, 6.45) is 0. The maximum atomic E-state index is 14.0. The summed E-state index contributed by atoms with van der Waals surface area (Å²) in [7, 11) is -3.68. The number of thioether (sulfide) groups is 1. The van der Waals surface area contributed by atoms with Gasteiger partial charge in [-0.1, -0.05) is 25.6 Å². The zero-order chi connectivity index (χ0) is 23.8. The number of hydrogen-bond acceptors (Lipinski definition) is 4. The Balaban J connectivity index is 2.02. The first kappa shape index (κ1) is 24.5. The second kappa shape index (κ2) is 9.40. The van der Waals surface area contributed by atoms with Gasteiger partial charge in [0.1, 0.15) is 0 Å². The summed E-state index contributed by atoms with van der Waals surface area (Å²) >= 11 is 1.02. The Hall–Kier alpha value is -2.11. The average molecular weight is 490 g/mol. The summed E-state index contributed by atoms with van der Waals surface area (Å²) < 4.78 is 83.2. The molecule has 0 saturated carbocycles. The van der Waals surface area contributed by atoms with Crippen LogP contribution < -0.4 is 0 Å². The van der Waals surface area contributed by atoms with Crippen LogP contribution in [0.5, 0.6) is 0 Å². The third-order valence-corrected chi connectivity index (χ3v) is 8.07. The van der Waals surface area contributed by atoms with Gasteiger partial charge < -0.3 is 4.57 Å². The molecule has 32 heavy (non-hydrogen) atoms. The number of fused-ring (bicyclic) bond motifs is 1. The van der Waals surface area contributed by atoms with E-state index in [1.54, 1.807) is 19.9 Å². The molecule has 5 nitrogen and oxygen atoms in total.